The number of halogens is 2. The van der Waals surface area contributed by atoms with Crippen molar-refractivity contribution in [3.8, 4) is 11.1 Å². The van der Waals surface area contributed by atoms with E-state index >= 15 is 4.39 Å². The van der Waals surface area contributed by atoms with Crippen molar-refractivity contribution in [3.05, 3.63) is 83.7 Å². The van der Waals surface area contributed by atoms with Gasteiger partial charge in [0.25, 0.3) is 5.59 Å². The van der Waals surface area contributed by atoms with Crippen molar-refractivity contribution in [2.75, 3.05) is 19.7 Å². The second-order valence-electron chi connectivity index (χ2n) is 14.0. The van der Waals surface area contributed by atoms with Crippen molar-refractivity contribution in [1.82, 2.24) is 14.8 Å². The topological polar surface area (TPSA) is 118 Å². The minimum absolute atomic E-state index is 0.00149. The summed E-state index contributed by atoms with van der Waals surface area (Å²) in [5, 5.41) is 12.0. The Morgan fingerprint density at radius 3 is 2.41 bits per heavy atom. The number of hydrogen-bond acceptors (Lipinski definition) is 5. The quantitative estimate of drug-likeness (QED) is 0.0786. The number of hydrogen-bond donors (Lipinski definition) is 2. The third-order valence-electron chi connectivity index (χ3n) is 8.44. The Labute approximate surface area is 288 Å². The highest BCUT2D eigenvalue weighted by Crippen LogP contribution is 2.41. The number of nitrogens with zero attached hydrogens (tertiary/aromatic N) is 2. The predicted octanol–water partition coefficient (Wildman–Crippen LogP) is 8.24. The number of aldehydes is 1. The van der Waals surface area contributed by atoms with Crippen LogP contribution < -0.4 is 5.32 Å². The summed E-state index contributed by atoms with van der Waals surface area (Å²) >= 11 is 0. The van der Waals surface area contributed by atoms with Crippen molar-refractivity contribution < 1.29 is 37.8 Å². The maximum atomic E-state index is 15.1. The Hall–Kier alpha value is -4.32. The number of amides is 2. The van der Waals surface area contributed by atoms with E-state index in [1.807, 2.05) is 61.7 Å². The van der Waals surface area contributed by atoms with E-state index in [4.69, 9.17) is 4.74 Å². The number of nitrogens with one attached hydrogen (secondary N) is 1. The second kappa shape index (κ2) is 17.9. The first-order valence-corrected chi connectivity index (χ1v) is 19.9. The summed E-state index contributed by atoms with van der Waals surface area (Å²) in [6.45, 7) is 10.3. The highest BCUT2D eigenvalue weighted by atomic mass is 28.3. The standard InChI is InChI=1S/C37H49F2N3O6Si/c1-37(2,3)34(32-23-28(30-24-29(38)16-17-31(30)39)26-41(32)25-27-13-8-6-9-14-27)42(33(44)15-10-7-11-20-43)19-12-18-40-35(45)48-21-22-49(4,5)36(46)47/h6,8-9,13-14,16-17,20,23-24,26,34H,7,10-12,15,18-19,21-22,25H2,1-5H3,(H,40,45)(H,46,47)/t34-/m0/s1. The third kappa shape index (κ3) is 11.7. The lowest BCUT2D eigenvalue weighted by molar-refractivity contribution is -0.136. The smallest absolute Gasteiger partial charge is 0.407 e. The molecule has 0 radical (unpaired) electrons. The highest BCUT2D eigenvalue weighted by Gasteiger charge is 2.37. The van der Waals surface area contributed by atoms with E-state index in [2.05, 4.69) is 5.32 Å². The molecule has 49 heavy (non-hydrogen) atoms. The Kier molecular flexibility index (Phi) is 14.3. The van der Waals surface area contributed by atoms with Crippen LogP contribution in [-0.4, -0.2) is 66.2 Å². The zero-order valence-electron chi connectivity index (χ0n) is 29.1. The van der Waals surface area contributed by atoms with Crippen LogP contribution in [0.25, 0.3) is 11.1 Å². The molecule has 0 aliphatic rings. The maximum absolute atomic E-state index is 15.1. The van der Waals surface area contributed by atoms with E-state index in [1.54, 1.807) is 24.2 Å². The van der Waals surface area contributed by atoms with E-state index in [1.165, 1.54) is 6.07 Å². The predicted molar refractivity (Wildman–Crippen MR) is 188 cm³/mol. The number of carboxylic acid groups (broad SMARTS) is 1. The average molecular weight is 698 g/mol. The third-order valence-corrected chi connectivity index (χ3v) is 11.1. The molecule has 3 aromatic rings. The number of unbranched alkanes of at least 4 members (excludes halogenated alkanes) is 2. The number of carbonyl (C=O) groups is 4. The molecular weight excluding hydrogens is 649 g/mol. The van der Waals surface area contributed by atoms with Gasteiger partial charge in [0.15, 0.2) is 8.07 Å². The molecule has 266 valence electrons. The first-order chi connectivity index (χ1) is 23.1. The molecule has 0 fully saturated rings. The molecule has 2 N–H and O–H groups in total. The largest absolute Gasteiger partial charge is 0.486 e. The molecule has 0 saturated carbocycles. The van der Waals surface area contributed by atoms with Crippen LogP contribution in [-0.2, 0) is 20.9 Å². The molecule has 0 unspecified atom stereocenters. The molecule has 2 aromatic carbocycles. The van der Waals surface area contributed by atoms with Crippen LogP contribution in [0.5, 0.6) is 0 Å². The van der Waals surface area contributed by atoms with Gasteiger partial charge in [-0.1, -0.05) is 64.2 Å². The normalized spacial score (nSPS) is 12.3. The average Bonchev–Trinajstić information content (AvgIpc) is 3.43. The van der Waals surface area contributed by atoms with Crippen molar-refractivity contribution in [2.45, 2.75) is 84.6 Å². The van der Waals surface area contributed by atoms with Crippen molar-refractivity contribution in [1.29, 1.82) is 0 Å². The van der Waals surface area contributed by atoms with Crippen LogP contribution in [0.2, 0.25) is 19.1 Å². The van der Waals surface area contributed by atoms with Gasteiger partial charge in [-0.3, -0.25) is 9.59 Å². The van der Waals surface area contributed by atoms with Gasteiger partial charge in [0.2, 0.25) is 5.91 Å². The van der Waals surface area contributed by atoms with Crippen LogP contribution in [0.1, 0.15) is 70.2 Å². The lowest BCUT2D eigenvalue weighted by Gasteiger charge is -2.41. The fourth-order valence-electron chi connectivity index (χ4n) is 5.65. The van der Waals surface area contributed by atoms with Gasteiger partial charge in [0, 0.05) is 55.5 Å². The Morgan fingerprint density at radius 1 is 1.04 bits per heavy atom. The number of aromatic nitrogens is 1. The number of alkyl carbamates (subject to hydrolysis) is 1. The van der Waals surface area contributed by atoms with Crippen molar-refractivity contribution in [2.24, 2.45) is 5.41 Å². The zero-order chi connectivity index (χ0) is 36.2. The van der Waals surface area contributed by atoms with Gasteiger partial charge in [0.1, 0.15) is 17.9 Å². The summed E-state index contributed by atoms with van der Waals surface area (Å²) in [4.78, 5) is 50.5. The Balaban J connectivity index is 1.94. The van der Waals surface area contributed by atoms with Gasteiger partial charge in [-0.05, 0) is 60.6 Å². The number of benzene rings is 2. The molecule has 2 amide bonds. The van der Waals surface area contributed by atoms with Crippen LogP contribution in [0.3, 0.4) is 0 Å². The summed E-state index contributed by atoms with van der Waals surface area (Å²) in [5.41, 5.74) is 0.967. The van der Waals surface area contributed by atoms with Crippen LogP contribution in [0.4, 0.5) is 18.4 Å². The lowest BCUT2D eigenvalue weighted by Crippen LogP contribution is -2.43. The van der Waals surface area contributed by atoms with Gasteiger partial charge < -0.3 is 29.4 Å². The molecule has 1 atom stereocenters. The zero-order valence-corrected chi connectivity index (χ0v) is 30.1. The number of carbonyl (C=O) groups excluding carboxylic acids is 3. The van der Waals surface area contributed by atoms with Crippen molar-refractivity contribution >= 4 is 32.0 Å². The molecule has 12 heteroatoms. The molecule has 0 spiro atoms. The van der Waals surface area contributed by atoms with Gasteiger partial charge in [-0.2, -0.15) is 0 Å². The van der Waals surface area contributed by atoms with Crippen LogP contribution in [0, 0.1) is 17.0 Å². The first-order valence-electron chi connectivity index (χ1n) is 16.7. The van der Waals surface area contributed by atoms with Gasteiger partial charge >= 0.3 is 6.09 Å². The van der Waals surface area contributed by atoms with Gasteiger partial charge in [0.05, 0.1) is 12.6 Å². The highest BCUT2D eigenvalue weighted by molar-refractivity contribution is 7.02. The molecule has 0 saturated heterocycles. The minimum Gasteiger partial charge on any atom is -0.486 e. The summed E-state index contributed by atoms with van der Waals surface area (Å²) in [5.74, 6) is -1.25. The monoisotopic (exact) mass is 697 g/mol. The fourth-order valence-corrected chi connectivity index (χ4v) is 6.48. The fraction of sp³-hybridized carbons (Fsp3) is 0.459. The van der Waals surface area contributed by atoms with E-state index in [-0.39, 0.29) is 37.6 Å². The molecule has 0 aliphatic carbocycles. The molecule has 1 heterocycles. The summed E-state index contributed by atoms with van der Waals surface area (Å²) in [6.07, 6.45) is 4.02. The number of ether oxygens (including phenoxy) is 1. The van der Waals surface area contributed by atoms with Gasteiger partial charge in [-0.25, -0.2) is 13.6 Å². The SMILES string of the molecule is CC(C)(C)[C@H](c1cc(-c2cc(F)ccc2F)cn1Cc1ccccc1)N(CCCNC(=O)OCC[Si](C)(C)C(=O)O)C(=O)CCCCC=O. The molecule has 0 bridgehead atoms. The summed E-state index contributed by atoms with van der Waals surface area (Å²) < 4.78 is 36.6. The van der Waals surface area contributed by atoms with E-state index in [0.29, 0.717) is 43.8 Å². The lowest BCUT2D eigenvalue weighted by atomic mass is 9.82. The van der Waals surface area contributed by atoms with E-state index < -0.39 is 42.9 Å². The first kappa shape index (κ1) is 39.1. The van der Waals surface area contributed by atoms with E-state index in [0.717, 1.165) is 29.7 Å². The van der Waals surface area contributed by atoms with Crippen molar-refractivity contribution in [3.63, 3.8) is 0 Å². The van der Waals surface area contributed by atoms with E-state index in [9.17, 15) is 28.7 Å². The minimum atomic E-state index is -2.54. The van der Waals surface area contributed by atoms with Gasteiger partial charge in [-0.15, -0.1) is 0 Å². The molecule has 3 rings (SSSR count). The van der Waals surface area contributed by atoms with Crippen LogP contribution >= 0.6 is 0 Å². The molecule has 9 nitrogen and oxygen atoms in total. The Bertz CT molecular complexity index is 1570. The number of rotatable bonds is 18. The molecule has 0 aliphatic heterocycles. The molecule has 1 aromatic heterocycles. The second-order valence-corrected chi connectivity index (χ2v) is 18.7. The summed E-state index contributed by atoms with van der Waals surface area (Å²) in [7, 11) is -2.54. The Morgan fingerprint density at radius 2 is 1.76 bits per heavy atom. The maximum Gasteiger partial charge on any atom is 0.407 e. The molecular formula is C37H49F2N3O6Si. The van der Waals surface area contributed by atoms with Crippen LogP contribution in [0.15, 0.2) is 60.8 Å². The summed E-state index contributed by atoms with van der Waals surface area (Å²) in [6, 6.07) is 14.7.